The number of carbonyl (C=O) groups is 1. The van der Waals surface area contributed by atoms with Gasteiger partial charge in [-0.2, -0.15) is 0 Å². The molecule has 1 rings (SSSR count). The molecular formula is C12H18O2SSi. The van der Waals surface area contributed by atoms with Gasteiger partial charge in [0.15, 0.2) is 0 Å². The molecule has 0 aromatic rings. The molecule has 16 heavy (non-hydrogen) atoms. The molecule has 4 heteroatoms. The average Bonchev–Trinajstić information content (AvgIpc) is 2.57. The Bertz CT molecular complexity index is 421. The molecule has 1 aliphatic heterocycles. The summed E-state index contributed by atoms with van der Waals surface area (Å²) in [6.45, 7) is 8.40. The number of rotatable bonds is 1. The molecule has 0 saturated heterocycles. The molecular weight excluding hydrogens is 236 g/mol. The van der Waals surface area contributed by atoms with Crippen LogP contribution in [0.15, 0.2) is 22.5 Å². The molecule has 0 amide bonds. The van der Waals surface area contributed by atoms with Crippen molar-refractivity contribution >= 4 is 23.4 Å². The first-order valence-electron chi connectivity index (χ1n) is 5.27. The minimum Gasteiger partial charge on any atom is -0.474 e. The highest BCUT2D eigenvalue weighted by Gasteiger charge is 2.33. The van der Waals surface area contributed by atoms with Gasteiger partial charge >= 0.3 is 5.30 Å². The second kappa shape index (κ2) is 4.52. The first kappa shape index (κ1) is 13.1. The molecule has 2 nitrogen and oxygen atoms in total. The van der Waals surface area contributed by atoms with Gasteiger partial charge in [0.25, 0.3) is 0 Å². The quantitative estimate of drug-likeness (QED) is 0.571. The first-order chi connectivity index (χ1) is 7.32. The highest BCUT2D eigenvalue weighted by molar-refractivity contribution is 8.50. The van der Waals surface area contributed by atoms with Gasteiger partial charge in [-0.25, -0.2) is 4.79 Å². The largest absolute Gasteiger partial charge is 0.474 e. The number of carboxylic acid groups (broad SMARTS) is 1. The van der Waals surface area contributed by atoms with E-state index in [0.29, 0.717) is 5.75 Å². The Morgan fingerprint density at radius 2 is 2.12 bits per heavy atom. The predicted octanol–water partition coefficient (Wildman–Crippen LogP) is 3.78. The van der Waals surface area contributed by atoms with Gasteiger partial charge in [-0.1, -0.05) is 48.6 Å². The molecule has 1 heterocycles. The first-order valence-corrected chi connectivity index (χ1v) is 10.6. The van der Waals surface area contributed by atoms with E-state index in [1.807, 2.05) is 24.5 Å². The third-order valence-corrected chi connectivity index (χ3v) is 6.33. The van der Waals surface area contributed by atoms with Crippen LogP contribution in [-0.4, -0.2) is 24.2 Å². The summed E-state index contributed by atoms with van der Waals surface area (Å²) in [5.74, 6) is 3.74. The van der Waals surface area contributed by atoms with Crippen LogP contribution in [0.4, 0.5) is 4.79 Å². The van der Waals surface area contributed by atoms with Crippen LogP contribution in [0.1, 0.15) is 6.92 Å². The van der Waals surface area contributed by atoms with E-state index in [4.69, 9.17) is 0 Å². The maximum Gasteiger partial charge on any atom is 0.355 e. The molecule has 1 unspecified atom stereocenters. The highest BCUT2D eigenvalue weighted by Crippen LogP contribution is 2.59. The van der Waals surface area contributed by atoms with Crippen molar-refractivity contribution in [3.8, 4) is 11.5 Å². The van der Waals surface area contributed by atoms with Crippen LogP contribution < -0.4 is 0 Å². The van der Waals surface area contributed by atoms with Gasteiger partial charge in [0.2, 0.25) is 0 Å². The van der Waals surface area contributed by atoms with Crippen LogP contribution in [0.3, 0.4) is 0 Å². The summed E-state index contributed by atoms with van der Waals surface area (Å²) in [6, 6.07) is 0. The molecule has 0 spiro atoms. The fourth-order valence-corrected chi connectivity index (χ4v) is 4.07. The van der Waals surface area contributed by atoms with Gasteiger partial charge in [0.05, 0.1) is 4.91 Å². The Labute approximate surface area is 99.8 Å². The lowest BCUT2D eigenvalue weighted by atomic mass is 10.5. The molecule has 0 bridgehead atoms. The van der Waals surface area contributed by atoms with Crippen LogP contribution in [0.2, 0.25) is 19.6 Å². The van der Waals surface area contributed by atoms with E-state index < -0.39 is 23.4 Å². The SMILES string of the molecule is CCS1(C(=O)O)C=CC=C1C#C[Si](C)(C)C. The van der Waals surface area contributed by atoms with Crippen LogP contribution in [-0.2, 0) is 0 Å². The number of hydrogen-bond donors (Lipinski definition) is 1. The van der Waals surface area contributed by atoms with Gasteiger partial charge in [-0.15, -0.1) is 5.54 Å². The maximum atomic E-state index is 11.4. The Kier molecular flexibility index (Phi) is 3.71. The summed E-state index contributed by atoms with van der Waals surface area (Å²) in [5, 5.41) is 10.5. The Balaban J connectivity index is 3.07. The minimum atomic E-state index is -1.83. The van der Waals surface area contributed by atoms with E-state index in [0.717, 1.165) is 4.91 Å². The molecule has 1 atom stereocenters. The van der Waals surface area contributed by atoms with Crippen molar-refractivity contribution < 1.29 is 9.90 Å². The summed E-state index contributed by atoms with van der Waals surface area (Å²) >= 11 is 0. The topological polar surface area (TPSA) is 37.3 Å². The van der Waals surface area contributed by atoms with Crippen molar-refractivity contribution in [2.24, 2.45) is 0 Å². The molecule has 88 valence electrons. The molecule has 0 fully saturated rings. The zero-order chi connectivity index (χ0) is 12.4. The smallest absolute Gasteiger partial charge is 0.355 e. The predicted molar refractivity (Wildman–Crippen MR) is 74.5 cm³/mol. The molecule has 0 aromatic carbocycles. The van der Waals surface area contributed by atoms with Gasteiger partial charge in [-0.05, 0) is 17.2 Å². The van der Waals surface area contributed by atoms with E-state index in [-0.39, 0.29) is 0 Å². The highest BCUT2D eigenvalue weighted by atomic mass is 32.3. The van der Waals surface area contributed by atoms with Crippen molar-refractivity contribution in [2.45, 2.75) is 26.6 Å². The maximum absolute atomic E-state index is 11.4. The molecule has 0 aliphatic carbocycles. The van der Waals surface area contributed by atoms with Crippen LogP contribution in [0, 0.1) is 11.5 Å². The van der Waals surface area contributed by atoms with Gasteiger partial charge in [0, 0.05) is 0 Å². The van der Waals surface area contributed by atoms with Gasteiger partial charge in [0.1, 0.15) is 8.07 Å². The van der Waals surface area contributed by atoms with E-state index in [1.165, 1.54) is 0 Å². The average molecular weight is 254 g/mol. The van der Waals surface area contributed by atoms with E-state index in [9.17, 15) is 9.90 Å². The minimum absolute atomic E-state index is 0.630. The third-order valence-electron chi connectivity index (χ3n) is 2.28. The van der Waals surface area contributed by atoms with Crippen LogP contribution >= 0.6 is 10.0 Å². The Morgan fingerprint density at radius 1 is 1.50 bits per heavy atom. The Hall–Kier alpha value is -0.923. The van der Waals surface area contributed by atoms with E-state index in [1.54, 1.807) is 0 Å². The van der Waals surface area contributed by atoms with Crippen molar-refractivity contribution in [1.82, 2.24) is 0 Å². The second-order valence-electron chi connectivity index (χ2n) is 4.71. The lowest BCUT2D eigenvalue weighted by Crippen LogP contribution is -2.17. The molecule has 1 N–H and O–H groups in total. The lowest BCUT2D eigenvalue weighted by Gasteiger charge is -2.27. The van der Waals surface area contributed by atoms with Gasteiger partial charge < -0.3 is 5.11 Å². The number of allylic oxidation sites excluding steroid dienone is 3. The molecule has 1 aliphatic rings. The third kappa shape index (κ3) is 2.60. The van der Waals surface area contributed by atoms with Crippen molar-refractivity contribution in [3.05, 3.63) is 22.5 Å². The molecule has 0 saturated carbocycles. The van der Waals surface area contributed by atoms with Crippen molar-refractivity contribution in [2.75, 3.05) is 5.75 Å². The summed E-state index contributed by atoms with van der Waals surface area (Å²) in [4.78, 5) is 12.2. The summed E-state index contributed by atoms with van der Waals surface area (Å²) < 4.78 is 0. The fraction of sp³-hybridized carbons (Fsp3) is 0.417. The van der Waals surface area contributed by atoms with E-state index >= 15 is 0 Å². The summed E-state index contributed by atoms with van der Waals surface area (Å²) in [7, 11) is -3.28. The zero-order valence-electron chi connectivity index (χ0n) is 10.2. The van der Waals surface area contributed by atoms with E-state index in [2.05, 4.69) is 31.1 Å². The number of hydrogen-bond acceptors (Lipinski definition) is 1. The van der Waals surface area contributed by atoms with Crippen molar-refractivity contribution in [3.63, 3.8) is 0 Å². The summed E-state index contributed by atoms with van der Waals surface area (Å²) in [5.41, 5.74) is 3.25. The fourth-order valence-electron chi connectivity index (χ4n) is 1.36. The Morgan fingerprint density at radius 3 is 2.56 bits per heavy atom. The van der Waals surface area contributed by atoms with Gasteiger partial charge in [-0.3, -0.25) is 0 Å². The zero-order valence-corrected chi connectivity index (χ0v) is 12.0. The standard InChI is InChI=1S/C12H18O2SSi/c1-5-15(12(13)14)9-6-7-11(15)8-10-16(2,3)4/h6-7,9H,5H2,1-4H3,(H,13,14). The monoisotopic (exact) mass is 254 g/mol. The molecule has 0 radical (unpaired) electrons. The lowest BCUT2D eigenvalue weighted by molar-refractivity contribution is 0.221. The normalized spacial score (nSPS) is 27.6. The second-order valence-corrected chi connectivity index (χ2v) is 12.7. The van der Waals surface area contributed by atoms with Crippen LogP contribution in [0.25, 0.3) is 0 Å². The van der Waals surface area contributed by atoms with Crippen molar-refractivity contribution in [1.29, 1.82) is 0 Å². The van der Waals surface area contributed by atoms with Crippen LogP contribution in [0.5, 0.6) is 0 Å². The molecule has 0 aromatic heterocycles. The summed E-state index contributed by atoms with van der Waals surface area (Å²) in [6.07, 6.45) is 3.70.